The molecule has 1 aliphatic heterocycles. The highest BCUT2D eigenvalue weighted by molar-refractivity contribution is 5.71. The molecule has 3 rings (SSSR count). The van der Waals surface area contributed by atoms with E-state index in [9.17, 15) is 10.1 Å². The van der Waals surface area contributed by atoms with Gasteiger partial charge in [0.2, 0.25) is 17.6 Å². The van der Waals surface area contributed by atoms with Crippen LogP contribution in [-0.2, 0) is 4.74 Å². The van der Waals surface area contributed by atoms with E-state index in [1.54, 1.807) is 31.4 Å². The van der Waals surface area contributed by atoms with Crippen LogP contribution in [0.4, 0.5) is 29.0 Å². The first-order chi connectivity index (χ1) is 12.6. The molecule has 1 aromatic heterocycles. The van der Waals surface area contributed by atoms with Crippen LogP contribution < -0.4 is 21.1 Å². The maximum atomic E-state index is 11.3. The van der Waals surface area contributed by atoms with E-state index in [1.807, 2.05) is 0 Å². The summed E-state index contributed by atoms with van der Waals surface area (Å²) < 4.78 is 10.7. The van der Waals surface area contributed by atoms with E-state index in [2.05, 4.69) is 20.6 Å². The zero-order valence-electron chi connectivity index (χ0n) is 14.3. The van der Waals surface area contributed by atoms with Crippen LogP contribution in [0.2, 0.25) is 0 Å². The average Bonchev–Trinajstić information content (AvgIpc) is 3.13. The summed E-state index contributed by atoms with van der Waals surface area (Å²) >= 11 is 0. The number of anilines is 4. The number of aromatic nitrogens is 2. The highest BCUT2D eigenvalue weighted by atomic mass is 16.6. The molecule has 4 N–H and O–H groups in total. The highest BCUT2D eigenvalue weighted by Gasteiger charge is 2.24. The largest absolute Gasteiger partial charge is 0.497 e. The Kier molecular flexibility index (Phi) is 5.32. The predicted octanol–water partition coefficient (Wildman–Crippen LogP) is 2.31. The Balaban J connectivity index is 1.84. The summed E-state index contributed by atoms with van der Waals surface area (Å²) in [5, 5.41) is 17.3. The van der Waals surface area contributed by atoms with Gasteiger partial charge in [0.25, 0.3) is 0 Å². The van der Waals surface area contributed by atoms with Crippen molar-refractivity contribution >= 4 is 29.0 Å². The molecule has 0 bridgehead atoms. The second-order valence-corrected chi connectivity index (χ2v) is 5.76. The minimum atomic E-state index is -0.595. The molecule has 0 spiro atoms. The molecular formula is C16H20N6O4. The molecule has 1 fully saturated rings. The number of rotatable bonds is 7. The topological polar surface area (TPSA) is 137 Å². The van der Waals surface area contributed by atoms with Crippen molar-refractivity contribution in [2.24, 2.45) is 0 Å². The molecule has 138 valence electrons. The summed E-state index contributed by atoms with van der Waals surface area (Å²) in [5.74, 6) is 0.645. The first-order valence-electron chi connectivity index (χ1n) is 8.15. The first kappa shape index (κ1) is 17.7. The van der Waals surface area contributed by atoms with Gasteiger partial charge in [-0.05, 0) is 25.0 Å². The Bertz CT molecular complexity index is 794. The number of nitrogen functional groups attached to an aromatic ring is 1. The van der Waals surface area contributed by atoms with E-state index >= 15 is 0 Å². The van der Waals surface area contributed by atoms with Crippen LogP contribution in [0.3, 0.4) is 0 Å². The summed E-state index contributed by atoms with van der Waals surface area (Å²) in [4.78, 5) is 18.9. The number of nitro groups is 1. The van der Waals surface area contributed by atoms with Crippen molar-refractivity contribution in [2.75, 3.05) is 36.6 Å². The summed E-state index contributed by atoms with van der Waals surface area (Å²) in [5.41, 5.74) is 6.11. The van der Waals surface area contributed by atoms with Crippen molar-refractivity contribution < 1.29 is 14.4 Å². The van der Waals surface area contributed by atoms with Gasteiger partial charge in [-0.2, -0.15) is 9.97 Å². The average molecular weight is 360 g/mol. The third-order valence-electron chi connectivity index (χ3n) is 3.94. The fraction of sp³-hybridized carbons (Fsp3) is 0.375. The van der Waals surface area contributed by atoms with Gasteiger partial charge < -0.3 is 25.8 Å². The maximum Gasteiger partial charge on any atom is 0.353 e. The SMILES string of the molecule is COc1cccc(Nc2nc(N)c([N+](=O)[O-])c(NC[C@H]3CCCO3)n2)c1. The van der Waals surface area contributed by atoms with Crippen LogP contribution in [0, 0.1) is 10.1 Å². The molecule has 1 saturated heterocycles. The Morgan fingerprint density at radius 2 is 2.31 bits per heavy atom. The molecule has 2 aromatic rings. The van der Waals surface area contributed by atoms with Gasteiger partial charge in [0.15, 0.2) is 0 Å². The van der Waals surface area contributed by atoms with Gasteiger partial charge in [0.05, 0.1) is 18.1 Å². The number of methoxy groups -OCH3 is 1. The molecule has 1 aliphatic rings. The normalized spacial score (nSPS) is 16.3. The van der Waals surface area contributed by atoms with Gasteiger partial charge in [-0.15, -0.1) is 0 Å². The molecule has 0 saturated carbocycles. The van der Waals surface area contributed by atoms with Gasteiger partial charge in [0, 0.05) is 24.9 Å². The smallest absolute Gasteiger partial charge is 0.353 e. The van der Waals surface area contributed by atoms with Crippen molar-refractivity contribution in [3.8, 4) is 5.75 Å². The van der Waals surface area contributed by atoms with Crippen LogP contribution in [0.15, 0.2) is 24.3 Å². The lowest BCUT2D eigenvalue weighted by atomic mass is 10.2. The summed E-state index contributed by atoms with van der Waals surface area (Å²) in [7, 11) is 1.56. The maximum absolute atomic E-state index is 11.3. The van der Waals surface area contributed by atoms with E-state index in [4.69, 9.17) is 15.2 Å². The third-order valence-corrected chi connectivity index (χ3v) is 3.94. The number of nitrogens with two attached hydrogens (primary N) is 1. The van der Waals surface area contributed by atoms with E-state index in [0.29, 0.717) is 24.6 Å². The van der Waals surface area contributed by atoms with Crippen molar-refractivity contribution in [3.63, 3.8) is 0 Å². The van der Waals surface area contributed by atoms with Gasteiger partial charge in [0.1, 0.15) is 5.75 Å². The molecule has 0 aliphatic carbocycles. The molecule has 2 heterocycles. The fourth-order valence-electron chi connectivity index (χ4n) is 2.68. The number of benzene rings is 1. The fourth-order valence-corrected chi connectivity index (χ4v) is 2.68. The van der Waals surface area contributed by atoms with Crippen LogP contribution in [-0.4, -0.2) is 41.3 Å². The summed E-state index contributed by atoms with van der Waals surface area (Å²) in [6.07, 6.45) is 1.87. The summed E-state index contributed by atoms with van der Waals surface area (Å²) in [6.45, 7) is 1.11. The lowest BCUT2D eigenvalue weighted by Gasteiger charge is -2.13. The Morgan fingerprint density at radius 3 is 3.00 bits per heavy atom. The minimum absolute atomic E-state index is 0.000544. The first-order valence-corrected chi connectivity index (χ1v) is 8.15. The molecular weight excluding hydrogens is 340 g/mol. The Labute approximate surface area is 149 Å². The standard InChI is InChI=1S/C16H20N6O4/c1-25-11-5-2-4-10(8-11)19-16-20-14(17)13(22(23)24)15(21-16)18-9-12-6-3-7-26-12/h2,4-5,8,12H,3,6-7,9H2,1H3,(H4,17,18,19,20,21)/t12-/m1/s1. The van der Waals surface area contributed by atoms with Gasteiger partial charge in [-0.25, -0.2) is 0 Å². The quantitative estimate of drug-likeness (QED) is 0.501. The van der Waals surface area contributed by atoms with Crippen LogP contribution in [0.25, 0.3) is 0 Å². The molecule has 1 aromatic carbocycles. The van der Waals surface area contributed by atoms with Gasteiger partial charge >= 0.3 is 5.69 Å². The van der Waals surface area contributed by atoms with Crippen molar-refractivity contribution in [3.05, 3.63) is 34.4 Å². The van der Waals surface area contributed by atoms with E-state index < -0.39 is 4.92 Å². The number of hydrogen-bond donors (Lipinski definition) is 3. The molecule has 26 heavy (non-hydrogen) atoms. The number of nitrogens with one attached hydrogen (secondary N) is 2. The monoisotopic (exact) mass is 360 g/mol. The van der Waals surface area contributed by atoms with Crippen LogP contribution >= 0.6 is 0 Å². The van der Waals surface area contributed by atoms with E-state index in [0.717, 1.165) is 12.8 Å². The van der Waals surface area contributed by atoms with Gasteiger partial charge in [-0.1, -0.05) is 6.07 Å². The van der Waals surface area contributed by atoms with E-state index in [-0.39, 0.29) is 29.4 Å². The van der Waals surface area contributed by atoms with Crippen LogP contribution in [0.1, 0.15) is 12.8 Å². The molecule has 1 atom stereocenters. The van der Waals surface area contributed by atoms with Crippen molar-refractivity contribution in [2.45, 2.75) is 18.9 Å². The lowest BCUT2D eigenvalue weighted by Crippen LogP contribution is -2.20. The summed E-state index contributed by atoms with van der Waals surface area (Å²) in [6, 6.07) is 7.14. The Morgan fingerprint density at radius 1 is 1.46 bits per heavy atom. The van der Waals surface area contributed by atoms with Crippen LogP contribution in [0.5, 0.6) is 5.75 Å². The second-order valence-electron chi connectivity index (χ2n) is 5.76. The highest BCUT2D eigenvalue weighted by Crippen LogP contribution is 2.30. The third kappa shape index (κ3) is 4.09. The number of hydrogen-bond acceptors (Lipinski definition) is 9. The second kappa shape index (κ2) is 7.83. The Hall–Kier alpha value is -3.14. The lowest BCUT2D eigenvalue weighted by molar-refractivity contribution is -0.383. The van der Waals surface area contributed by atoms with E-state index in [1.165, 1.54) is 0 Å². The number of nitrogens with zero attached hydrogens (tertiary/aromatic N) is 3. The molecule has 0 amide bonds. The molecule has 0 unspecified atom stereocenters. The van der Waals surface area contributed by atoms with Crippen molar-refractivity contribution in [1.29, 1.82) is 0 Å². The minimum Gasteiger partial charge on any atom is -0.497 e. The zero-order valence-corrected chi connectivity index (χ0v) is 14.3. The molecule has 0 radical (unpaired) electrons. The number of ether oxygens (including phenoxy) is 2. The zero-order chi connectivity index (χ0) is 18.5. The van der Waals surface area contributed by atoms with Gasteiger partial charge in [-0.3, -0.25) is 10.1 Å². The molecule has 10 nitrogen and oxygen atoms in total. The molecule has 10 heteroatoms. The van der Waals surface area contributed by atoms with Crippen molar-refractivity contribution in [1.82, 2.24) is 9.97 Å². The predicted molar refractivity (Wildman–Crippen MR) is 96.8 cm³/mol.